The number of amides is 1. The van der Waals surface area contributed by atoms with Crippen molar-refractivity contribution in [3.63, 3.8) is 0 Å². The summed E-state index contributed by atoms with van der Waals surface area (Å²) in [4.78, 5) is 25.3. The van der Waals surface area contributed by atoms with Crippen LogP contribution in [0.3, 0.4) is 0 Å². The van der Waals surface area contributed by atoms with E-state index in [0.717, 1.165) is 24.2 Å². The minimum absolute atomic E-state index is 0. The van der Waals surface area contributed by atoms with Crippen LogP contribution in [0.15, 0.2) is 24.3 Å². The molecule has 0 saturated carbocycles. The van der Waals surface area contributed by atoms with Gasteiger partial charge in [-0.15, -0.1) is 12.4 Å². The fourth-order valence-electron chi connectivity index (χ4n) is 3.02. The van der Waals surface area contributed by atoms with E-state index < -0.39 is 11.9 Å². The second kappa shape index (κ2) is 10.3. The first-order valence-corrected chi connectivity index (χ1v) is 8.38. The lowest BCUT2D eigenvalue weighted by molar-refractivity contribution is -0.143. The van der Waals surface area contributed by atoms with Crippen molar-refractivity contribution >= 4 is 24.3 Å². The monoisotopic (exact) mass is 370 g/mol. The van der Waals surface area contributed by atoms with Crippen molar-refractivity contribution in [1.82, 2.24) is 4.90 Å². The molecular formula is C18H27ClN2O4. The van der Waals surface area contributed by atoms with Crippen LogP contribution >= 0.6 is 12.4 Å². The number of carboxylic acid groups (broad SMARTS) is 1. The van der Waals surface area contributed by atoms with Gasteiger partial charge in [0.25, 0.3) is 0 Å². The third-order valence-corrected chi connectivity index (χ3v) is 4.50. The topological polar surface area (TPSA) is 92.9 Å². The van der Waals surface area contributed by atoms with E-state index in [1.165, 1.54) is 0 Å². The average molecular weight is 371 g/mol. The number of halogens is 1. The van der Waals surface area contributed by atoms with Crippen LogP contribution < -0.4 is 10.5 Å². The molecule has 0 radical (unpaired) electrons. The predicted molar refractivity (Wildman–Crippen MR) is 98.1 cm³/mol. The van der Waals surface area contributed by atoms with Gasteiger partial charge in [-0.3, -0.25) is 9.59 Å². The maximum absolute atomic E-state index is 12.4. The van der Waals surface area contributed by atoms with Crippen LogP contribution in [0.2, 0.25) is 0 Å². The molecule has 2 rings (SSSR count). The molecule has 0 bridgehead atoms. The summed E-state index contributed by atoms with van der Waals surface area (Å²) in [7, 11) is 1.63. The van der Waals surface area contributed by atoms with E-state index in [9.17, 15) is 14.7 Å². The van der Waals surface area contributed by atoms with Crippen molar-refractivity contribution in [2.24, 2.45) is 11.7 Å². The van der Waals surface area contributed by atoms with Crippen LogP contribution in [0.25, 0.3) is 0 Å². The van der Waals surface area contributed by atoms with Gasteiger partial charge in [0.05, 0.1) is 13.0 Å². The minimum atomic E-state index is -0.847. The van der Waals surface area contributed by atoms with Crippen LogP contribution in [0.4, 0.5) is 0 Å². The summed E-state index contributed by atoms with van der Waals surface area (Å²) < 4.78 is 5.12. The lowest BCUT2D eigenvalue weighted by Gasteiger charge is -2.24. The zero-order chi connectivity index (χ0) is 17.5. The SMILES string of the molecule is COc1ccc(CCCC(=O)N2C[C@H](N)CC[C@H](C(=O)O)C2)cc1.Cl. The fraction of sp³-hybridized carbons (Fsp3) is 0.556. The molecule has 6 nitrogen and oxygen atoms in total. The number of carboxylic acids is 1. The highest BCUT2D eigenvalue weighted by atomic mass is 35.5. The van der Waals surface area contributed by atoms with Gasteiger partial charge in [-0.05, 0) is 43.4 Å². The second-order valence-electron chi connectivity index (χ2n) is 6.37. The number of nitrogens with zero attached hydrogens (tertiary/aromatic N) is 1. The van der Waals surface area contributed by atoms with Gasteiger partial charge in [-0.2, -0.15) is 0 Å². The van der Waals surface area contributed by atoms with Crippen molar-refractivity contribution in [3.05, 3.63) is 29.8 Å². The number of hydrogen-bond donors (Lipinski definition) is 2. The Balaban J connectivity index is 0.00000312. The average Bonchev–Trinajstić information content (AvgIpc) is 2.77. The predicted octanol–water partition coefficient (Wildman–Crippen LogP) is 2.09. The van der Waals surface area contributed by atoms with Gasteiger partial charge in [0.15, 0.2) is 0 Å². The number of aliphatic carboxylic acids is 1. The number of nitrogens with two attached hydrogens (primary N) is 1. The first-order chi connectivity index (χ1) is 11.5. The van der Waals surface area contributed by atoms with Crippen LogP contribution in [-0.2, 0) is 16.0 Å². The molecule has 0 spiro atoms. The number of carbonyl (C=O) groups is 2. The molecule has 0 aromatic heterocycles. The molecule has 7 heteroatoms. The lowest BCUT2D eigenvalue weighted by atomic mass is 10.0. The minimum Gasteiger partial charge on any atom is -0.497 e. The van der Waals surface area contributed by atoms with E-state index in [1.807, 2.05) is 24.3 Å². The summed E-state index contributed by atoms with van der Waals surface area (Å²) in [6.07, 6.45) is 3.12. The van der Waals surface area contributed by atoms with Gasteiger partial charge in [0.1, 0.15) is 5.75 Å². The largest absolute Gasteiger partial charge is 0.497 e. The van der Waals surface area contributed by atoms with Crippen LogP contribution in [0.5, 0.6) is 5.75 Å². The number of hydrogen-bond acceptors (Lipinski definition) is 4. The van der Waals surface area contributed by atoms with Gasteiger partial charge in [0, 0.05) is 25.6 Å². The second-order valence-corrected chi connectivity index (χ2v) is 6.37. The molecular weight excluding hydrogens is 344 g/mol. The zero-order valence-corrected chi connectivity index (χ0v) is 15.3. The van der Waals surface area contributed by atoms with Gasteiger partial charge in [-0.1, -0.05) is 12.1 Å². The first kappa shape index (κ1) is 21.3. The van der Waals surface area contributed by atoms with Crippen LogP contribution in [0.1, 0.15) is 31.2 Å². The Morgan fingerprint density at radius 2 is 1.92 bits per heavy atom. The summed E-state index contributed by atoms with van der Waals surface area (Å²) >= 11 is 0. The standard InChI is InChI=1S/C18H26N2O4.ClH/c1-24-16-9-5-13(6-10-16)3-2-4-17(21)20-11-14(18(22)23)7-8-15(19)12-20;/h5-6,9-10,14-15H,2-4,7-8,11-12,19H2,1H3,(H,22,23);1H/t14-,15+;/m0./s1. The quantitative estimate of drug-likeness (QED) is 0.799. The molecule has 1 fully saturated rings. The highest BCUT2D eigenvalue weighted by molar-refractivity contribution is 5.85. The van der Waals surface area contributed by atoms with Crippen molar-refractivity contribution in [2.75, 3.05) is 20.2 Å². The Kier molecular flexibility index (Phi) is 8.72. The van der Waals surface area contributed by atoms with E-state index in [1.54, 1.807) is 12.0 Å². The molecule has 1 aliphatic heterocycles. The molecule has 1 aromatic carbocycles. The van der Waals surface area contributed by atoms with Crippen molar-refractivity contribution in [3.8, 4) is 5.75 Å². The molecule has 2 atom stereocenters. The number of ether oxygens (including phenoxy) is 1. The summed E-state index contributed by atoms with van der Waals surface area (Å²) in [5.41, 5.74) is 7.13. The Morgan fingerprint density at radius 3 is 2.52 bits per heavy atom. The Bertz CT molecular complexity index is 565. The van der Waals surface area contributed by atoms with Gasteiger partial charge in [-0.25, -0.2) is 0 Å². The Labute approximate surface area is 154 Å². The fourth-order valence-corrected chi connectivity index (χ4v) is 3.02. The summed E-state index contributed by atoms with van der Waals surface area (Å²) in [6.45, 7) is 0.718. The van der Waals surface area contributed by atoms with Gasteiger partial charge < -0.3 is 20.5 Å². The molecule has 0 aliphatic carbocycles. The smallest absolute Gasteiger partial charge is 0.308 e. The third kappa shape index (κ3) is 6.55. The number of carbonyl (C=O) groups excluding carboxylic acids is 1. The first-order valence-electron chi connectivity index (χ1n) is 8.38. The molecule has 0 unspecified atom stereocenters. The summed E-state index contributed by atoms with van der Waals surface area (Å²) in [5.74, 6) is -0.551. The molecule has 1 saturated heterocycles. The number of rotatable bonds is 6. The summed E-state index contributed by atoms with van der Waals surface area (Å²) in [5, 5.41) is 9.23. The Hall–Kier alpha value is -1.79. The van der Waals surface area contributed by atoms with Crippen LogP contribution in [-0.4, -0.2) is 48.1 Å². The van der Waals surface area contributed by atoms with Crippen LogP contribution in [0, 0.1) is 5.92 Å². The van der Waals surface area contributed by atoms with E-state index in [2.05, 4.69) is 0 Å². The van der Waals surface area contributed by atoms with Crippen molar-refractivity contribution < 1.29 is 19.4 Å². The normalized spacial score (nSPS) is 20.3. The van der Waals surface area contributed by atoms with Crippen molar-refractivity contribution in [1.29, 1.82) is 0 Å². The summed E-state index contributed by atoms with van der Waals surface area (Å²) in [6, 6.07) is 7.65. The van der Waals surface area contributed by atoms with Gasteiger partial charge >= 0.3 is 5.97 Å². The lowest BCUT2D eigenvalue weighted by Crippen LogP contribution is -2.41. The third-order valence-electron chi connectivity index (χ3n) is 4.50. The number of benzene rings is 1. The molecule has 1 heterocycles. The maximum Gasteiger partial charge on any atom is 0.308 e. The van der Waals surface area contributed by atoms with E-state index in [4.69, 9.17) is 10.5 Å². The van der Waals surface area contributed by atoms with E-state index >= 15 is 0 Å². The molecule has 1 aliphatic rings. The number of likely N-dealkylation sites (tertiary alicyclic amines) is 1. The molecule has 25 heavy (non-hydrogen) atoms. The van der Waals surface area contributed by atoms with Crippen molar-refractivity contribution in [2.45, 2.75) is 38.1 Å². The maximum atomic E-state index is 12.4. The highest BCUT2D eigenvalue weighted by Crippen LogP contribution is 2.18. The number of aryl methyl sites for hydroxylation is 1. The highest BCUT2D eigenvalue weighted by Gasteiger charge is 2.28. The Morgan fingerprint density at radius 1 is 1.24 bits per heavy atom. The van der Waals surface area contributed by atoms with Gasteiger partial charge in [0.2, 0.25) is 5.91 Å². The number of methoxy groups -OCH3 is 1. The zero-order valence-electron chi connectivity index (χ0n) is 14.5. The van der Waals surface area contributed by atoms with E-state index in [-0.39, 0.29) is 30.9 Å². The molecule has 1 aromatic rings. The molecule has 140 valence electrons. The molecule has 1 amide bonds. The molecule has 3 N–H and O–H groups in total. The van der Waals surface area contributed by atoms with E-state index in [0.29, 0.717) is 25.8 Å².